The Kier molecular flexibility index (Phi) is 2.34. The lowest BCUT2D eigenvalue weighted by Gasteiger charge is -2.08. The van der Waals surface area contributed by atoms with Gasteiger partial charge < -0.3 is 5.73 Å². The summed E-state index contributed by atoms with van der Waals surface area (Å²) in [6.07, 6.45) is -4.68. The average Bonchev–Trinajstić information content (AvgIpc) is 2.07. The lowest BCUT2D eigenvalue weighted by molar-refractivity contribution is -0.137. The molecule has 2 nitrogen and oxygen atoms in total. The van der Waals surface area contributed by atoms with E-state index in [1.54, 1.807) is 0 Å². The van der Waals surface area contributed by atoms with Crippen molar-refractivity contribution in [3.05, 3.63) is 29.1 Å². The molecule has 6 heteroatoms. The van der Waals surface area contributed by atoms with Crippen LogP contribution in [0, 0.1) is 17.1 Å². The number of hydrogen-bond donors (Lipinski definition) is 1. The first kappa shape index (κ1) is 10.3. The largest absolute Gasteiger partial charge is 0.416 e. The molecule has 14 heavy (non-hydrogen) atoms. The second kappa shape index (κ2) is 3.18. The number of nitrogen functional groups attached to an aromatic ring is 1. The molecule has 0 radical (unpaired) electrons. The first-order chi connectivity index (χ1) is 6.36. The Morgan fingerprint density at radius 2 is 1.86 bits per heavy atom. The van der Waals surface area contributed by atoms with Crippen LogP contribution in [-0.2, 0) is 6.18 Å². The molecule has 1 rings (SSSR count). The van der Waals surface area contributed by atoms with Crippen molar-refractivity contribution in [2.75, 3.05) is 5.73 Å². The summed E-state index contributed by atoms with van der Waals surface area (Å²) in [6, 6.07) is 2.16. The fraction of sp³-hybridized carbons (Fsp3) is 0.125. The van der Waals surface area contributed by atoms with Gasteiger partial charge in [0.1, 0.15) is 11.9 Å². The van der Waals surface area contributed by atoms with Crippen LogP contribution in [0.1, 0.15) is 11.1 Å². The Balaban J connectivity index is 3.40. The van der Waals surface area contributed by atoms with Crippen LogP contribution in [0.3, 0.4) is 0 Å². The topological polar surface area (TPSA) is 49.8 Å². The summed E-state index contributed by atoms with van der Waals surface area (Å²) in [7, 11) is 0. The van der Waals surface area contributed by atoms with E-state index in [0.29, 0.717) is 6.07 Å². The molecule has 0 aromatic heterocycles. The molecule has 0 atom stereocenters. The van der Waals surface area contributed by atoms with E-state index < -0.39 is 28.8 Å². The number of halogens is 4. The Labute approximate surface area is 76.6 Å². The SMILES string of the molecule is N#Cc1cc(C(F)(F)F)cc(F)c1N. The number of anilines is 1. The normalized spacial score (nSPS) is 11.1. The van der Waals surface area contributed by atoms with Gasteiger partial charge in [-0.1, -0.05) is 0 Å². The number of nitrogens with zero attached hydrogens (tertiary/aromatic N) is 1. The predicted molar refractivity (Wildman–Crippen MR) is 40.5 cm³/mol. The Morgan fingerprint density at radius 1 is 1.29 bits per heavy atom. The molecule has 0 unspecified atom stereocenters. The van der Waals surface area contributed by atoms with Gasteiger partial charge in [-0.25, -0.2) is 4.39 Å². The molecule has 0 aliphatic carbocycles. The first-order valence-corrected chi connectivity index (χ1v) is 3.42. The van der Waals surface area contributed by atoms with E-state index in [0.717, 1.165) is 0 Å². The third-order valence-corrected chi connectivity index (χ3v) is 1.58. The molecular weight excluding hydrogens is 200 g/mol. The quantitative estimate of drug-likeness (QED) is 0.520. The Morgan fingerprint density at radius 3 is 2.29 bits per heavy atom. The van der Waals surface area contributed by atoms with Gasteiger partial charge in [0.25, 0.3) is 0 Å². The molecule has 0 bridgehead atoms. The van der Waals surface area contributed by atoms with Crippen LogP contribution in [0.2, 0.25) is 0 Å². The van der Waals surface area contributed by atoms with Gasteiger partial charge in [-0.05, 0) is 12.1 Å². The molecular formula is C8H4F4N2. The summed E-state index contributed by atoms with van der Waals surface area (Å²) in [5, 5.41) is 8.37. The number of rotatable bonds is 0. The van der Waals surface area contributed by atoms with E-state index in [2.05, 4.69) is 0 Å². The molecule has 0 amide bonds. The molecule has 74 valence electrons. The van der Waals surface area contributed by atoms with Gasteiger partial charge >= 0.3 is 6.18 Å². The third-order valence-electron chi connectivity index (χ3n) is 1.58. The fourth-order valence-corrected chi connectivity index (χ4v) is 0.874. The van der Waals surface area contributed by atoms with Crippen LogP contribution < -0.4 is 5.73 Å². The molecule has 0 fully saturated rings. The minimum Gasteiger partial charge on any atom is -0.395 e. The molecule has 0 spiro atoms. The summed E-state index contributed by atoms with van der Waals surface area (Å²) < 4.78 is 49.1. The van der Waals surface area contributed by atoms with Gasteiger partial charge in [0.05, 0.1) is 16.8 Å². The van der Waals surface area contributed by atoms with Crippen LogP contribution in [0.15, 0.2) is 12.1 Å². The van der Waals surface area contributed by atoms with E-state index in [-0.39, 0.29) is 6.07 Å². The van der Waals surface area contributed by atoms with Crippen molar-refractivity contribution < 1.29 is 17.6 Å². The average molecular weight is 204 g/mol. The lowest BCUT2D eigenvalue weighted by atomic mass is 10.1. The van der Waals surface area contributed by atoms with Crippen molar-refractivity contribution in [3.8, 4) is 6.07 Å². The molecule has 2 N–H and O–H groups in total. The zero-order valence-corrected chi connectivity index (χ0v) is 6.69. The Hall–Kier alpha value is -1.77. The standard InChI is InChI=1S/C8H4F4N2/c9-6-2-5(8(10,11)12)1-4(3-13)7(6)14/h1-2H,14H2. The molecule has 0 aliphatic heterocycles. The van der Waals surface area contributed by atoms with Crippen molar-refractivity contribution >= 4 is 5.69 Å². The number of nitriles is 1. The van der Waals surface area contributed by atoms with Gasteiger partial charge in [-0.2, -0.15) is 18.4 Å². The maximum atomic E-state index is 12.8. The third kappa shape index (κ3) is 1.76. The zero-order chi connectivity index (χ0) is 10.9. The van der Waals surface area contributed by atoms with Crippen molar-refractivity contribution in [1.82, 2.24) is 0 Å². The smallest absolute Gasteiger partial charge is 0.395 e. The van der Waals surface area contributed by atoms with Crippen LogP contribution in [0.5, 0.6) is 0 Å². The van der Waals surface area contributed by atoms with E-state index in [9.17, 15) is 17.6 Å². The highest BCUT2D eigenvalue weighted by Gasteiger charge is 2.32. The fourth-order valence-electron chi connectivity index (χ4n) is 0.874. The highest BCUT2D eigenvalue weighted by molar-refractivity contribution is 5.56. The highest BCUT2D eigenvalue weighted by Crippen LogP contribution is 2.32. The monoisotopic (exact) mass is 204 g/mol. The summed E-state index contributed by atoms with van der Waals surface area (Å²) in [4.78, 5) is 0. The van der Waals surface area contributed by atoms with Crippen molar-refractivity contribution in [3.63, 3.8) is 0 Å². The second-order valence-corrected chi connectivity index (χ2v) is 2.53. The number of hydrogen-bond acceptors (Lipinski definition) is 2. The molecule has 0 saturated heterocycles. The van der Waals surface area contributed by atoms with E-state index >= 15 is 0 Å². The maximum absolute atomic E-state index is 12.8. The van der Waals surface area contributed by atoms with E-state index in [4.69, 9.17) is 11.0 Å². The van der Waals surface area contributed by atoms with Gasteiger partial charge in [-0.15, -0.1) is 0 Å². The van der Waals surface area contributed by atoms with Crippen molar-refractivity contribution in [2.24, 2.45) is 0 Å². The molecule has 0 heterocycles. The number of alkyl halides is 3. The number of benzene rings is 1. The summed E-state index contributed by atoms with van der Waals surface area (Å²) in [5.41, 5.74) is 2.73. The van der Waals surface area contributed by atoms with Crippen molar-refractivity contribution in [2.45, 2.75) is 6.18 Å². The van der Waals surface area contributed by atoms with E-state index in [1.165, 1.54) is 6.07 Å². The van der Waals surface area contributed by atoms with Gasteiger partial charge in [0, 0.05) is 0 Å². The second-order valence-electron chi connectivity index (χ2n) is 2.53. The zero-order valence-electron chi connectivity index (χ0n) is 6.69. The van der Waals surface area contributed by atoms with Crippen LogP contribution in [0.4, 0.5) is 23.2 Å². The number of nitrogens with two attached hydrogens (primary N) is 1. The molecule has 1 aromatic rings. The van der Waals surface area contributed by atoms with Crippen LogP contribution in [0.25, 0.3) is 0 Å². The van der Waals surface area contributed by atoms with Crippen molar-refractivity contribution in [1.29, 1.82) is 5.26 Å². The molecule has 1 aromatic carbocycles. The van der Waals surface area contributed by atoms with E-state index in [1.807, 2.05) is 0 Å². The lowest BCUT2D eigenvalue weighted by Crippen LogP contribution is -2.07. The summed E-state index contributed by atoms with van der Waals surface area (Å²) in [5.74, 6) is -1.24. The van der Waals surface area contributed by atoms with Gasteiger partial charge in [0.2, 0.25) is 0 Å². The molecule has 0 aliphatic rings. The van der Waals surface area contributed by atoms with Gasteiger partial charge in [-0.3, -0.25) is 0 Å². The highest BCUT2D eigenvalue weighted by atomic mass is 19.4. The predicted octanol–water partition coefficient (Wildman–Crippen LogP) is 2.30. The summed E-state index contributed by atoms with van der Waals surface area (Å²) in [6.45, 7) is 0. The minimum absolute atomic E-state index is 0.260. The van der Waals surface area contributed by atoms with Gasteiger partial charge in [0.15, 0.2) is 0 Å². The van der Waals surface area contributed by atoms with Crippen LogP contribution >= 0.6 is 0 Å². The minimum atomic E-state index is -4.68. The first-order valence-electron chi connectivity index (χ1n) is 3.42. The summed E-state index contributed by atoms with van der Waals surface area (Å²) >= 11 is 0. The van der Waals surface area contributed by atoms with Crippen LogP contribution in [-0.4, -0.2) is 0 Å². The maximum Gasteiger partial charge on any atom is 0.416 e. The molecule has 0 saturated carbocycles. The Bertz CT molecular complexity index is 403.